The van der Waals surface area contributed by atoms with E-state index < -0.39 is 12.0 Å². The third-order valence-electron chi connectivity index (χ3n) is 2.23. The Hall–Kier alpha value is -1.55. The lowest BCUT2D eigenvalue weighted by atomic mass is 10.0. The second kappa shape index (κ2) is 4.79. The van der Waals surface area contributed by atoms with Crippen molar-refractivity contribution in [3.8, 4) is 0 Å². The van der Waals surface area contributed by atoms with Crippen LogP contribution in [-0.4, -0.2) is 31.2 Å². The lowest BCUT2D eigenvalue weighted by Gasteiger charge is -2.18. The second-order valence-electron chi connectivity index (χ2n) is 3.67. The predicted molar refractivity (Wildman–Crippen MR) is 60.1 cm³/mol. The Morgan fingerprint density at radius 3 is 2.60 bits per heavy atom. The van der Waals surface area contributed by atoms with Crippen LogP contribution in [-0.2, 0) is 11.2 Å². The third-order valence-corrected chi connectivity index (χ3v) is 2.23. The molecule has 3 N–H and O–H groups in total. The number of nitrogens with two attached hydrogens (primary N) is 1. The summed E-state index contributed by atoms with van der Waals surface area (Å²) in [5.74, 6) is -0.969. The van der Waals surface area contributed by atoms with Crippen molar-refractivity contribution in [1.29, 1.82) is 0 Å². The largest absolute Gasteiger partial charge is 0.480 e. The monoisotopic (exact) mass is 208 g/mol. The third kappa shape index (κ3) is 2.95. The first-order valence-corrected chi connectivity index (χ1v) is 4.76. The Balaban J connectivity index is 2.89. The van der Waals surface area contributed by atoms with Gasteiger partial charge < -0.3 is 15.7 Å². The van der Waals surface area contributed by atoms with Crippen LogP contribution in [0.4, 0.5) is 5.69 Å². The van der Waals surface area contributed by atoms with Crippen molar-refractivity contribution in [2.75, 3.05) is 19.0 Å². The van der Waals surface area contributed by atoms with Gasteiger partial charge >= 0.3 is 5.97 Å². The van der Waals surface area contributed by atoms with Crippen LogP contribution in [0.3, 0.4) is 0 Å². The van der Waals surface area contributed by atoms with Gasteiger partial charge in [0, 0.05) is 26.2 Å². The fourth-order valence-electron chi connectivity index (χ4n) is 1.44. The number of carbonyl (C=O) groups is 1. The molecule has 0 aliphatic rings. The van der Waals surface area contributed by atoms with Gasteiger partial charge in [-0.2, -0.15) is 0 Å². The number of carboxylic acid groups (broad SMARTS) is 1. The highest BCUT2D eigenvalue weighted by Crippen LogP contribution is 2.18. The van der Waals surface area contributed by atoms with E-state index in [2.05, 4.69) is 0 Å². The van der Waals surface area contributed by atoms with Crippen LogP contribution in [0.15, 0.2) is 24.3 Å². The van der Waals surface area contributed by atoms with Gasteiger partial charge in [-0.15, -0.1) is 0 Å². The van der Waals surface area contributed by atoms with Crippen molar-refractivity contribution in [3.63, 3.8) is 0 Å². The van der Waals surface area contributed by atoms with Crippen molar-refractivity contribution in [3.05, 3.63) is 29.8 Å². The molecular formula is C11H16N2O2. The van der Waals surface area contributed by atoms with E-state index in [4.69, 9.17) is 10.8 Å². The maximum Gasteiger partial charge on any atom is 0.320 e. The van der Waals surface area contributed by atoms with Crippen molar-refractivity contribution >= 4 is 11.7 Å². The molecule has 0 amide bonds. The van der Waals surface area contributed by atoms with Crippen LogP contribution in [0.2, 0.25) is 0 Å². The average molecular weight is 208 g/mol. The van der Waals surface area contributed by atoms with Gasteiger partial charge in [-0.05, 0) is 11.6 Å². The zero-order valence-corrected chi connectivity index (χ0v) is 8.97. The quantitative estimate of drug-likeness (QED) is 0.764. The first-order chi connectivity index (χ1) is 7.02. The van der Waals surface area contributed by atoms with Gasteiger partial charge in [-0.1, -0.05) is 18.2 Å². The molecule has 0 heterocycles. The van der Waals surface area contributed by atoms with E-state index in [9.17, 15) is 4.79 Å². The molecule has 1 aromatic rings. The number of aliphatic carboxylic acids is 1. The summed E-state index contributed by atoms with van der Waals surface area (Å²) in [5, 5.41) is 8.73. The Bertz CT molecular complexity index is 350. The summed E-state index contributed by atoms with van der Waals surface area (Å²) < 4.78 is 0. The number of benzene rings is 1. The van der Waals surface area contributed by atoms with Crippen molar-refractivity contribution in [2.45, 2.75) is 12.5 Å². The predicted octanol–water partition coefficient (Wildman–Crippen LogP) is 0.707. The van der Waals surface area contributed by atoms with Crippen molar-refractivity contribution in [2.24, 2.45) is 5.73 Å². The minimum Gasteiger partial charge on any atom is -0.480 e. The van der Waals surface area contributed by atoms with Crippen molar-refractivity contribution in [1.82, 2.24) is 0 Å². The summed E-state index contributed by atoms with van der Waals surface area (Å²) in [6.45, 7) is 0. The molecular weight excluding hydrogens is 192 g/mol. The summed E-state index contributed by atoms with van der Waals surface area (Å²) in [5.41, 5.74) is 7.46. The van der Waals surface area contributed by atoms with Gasteiger partial charge in [0.1, 0.15) is 6.04 Å². The van der Waals surface area contributed by atoms with E-state index in [-0.39, 0.29) is 0 Å². The van der Waals surface area contributed by atoms with Gasteiger partial charge in [0.25, 0.3) is 0 Å². The van der Waals surface area contributed by atoms with E-state index in [0.29, 0.717) is 6.42 Å². The molecule has 0 aliphatic heterocycles. The molecule has 1 rings (SSSR count). The second-order valence-corrected chi connectivity index (χ2v) is 3.67. The van der Waals surface area contributed by atoms with E-state index in [1.807, 2.05) is 43.3 Å². The summed E-state index contributed by atoms with van der Waals surface area (Å²) in [6.07, 6.45) is 0.351. The molecule has 0 bridgehead atoms. The van der Waals surface area contributed by atoms with Crippen LogP contribution in [0.1, 0.15) is 5.56 Å². The maximum absolute atomic E-state index is 10.6. The highest BCUT2D eigenvalue weighted by Gasteiger charge is 2.14. The van der Waals surface area contributed by atoms with Crippen LogP contribution in [0.25, 0.3) is 0 Å². The zero-order valence-electron chi connectivity index (χ0n) is 8.97. The van der Waals surface area contributed by atoms with Crippen LogP contribution in [0.5, 0.6) is 0 Å². The van der Waals surface area contributed by atoms with Gasteiger partial charge in [0.2, 0.25) is 0 Å². The molecule has 0 saturated carbocycles. The maximum atomic E-state index is 10.6. The summed E-state index contributed by atoms with van der Waals surface area (Å²) in [4.78, 5) is 12.6. The summed E-state index contributed by atoms with van der Waals surface area (Å²) in [7, 11) is 3.84. The molecule has 0 saturated heterocycles. The molecule has 0 aliphatic carbocycles. The van der Waals surface area contributed by atoms with Gasteiger partial charge in [0.15, 0.2) is 0 Å². The zero-order chi connectivity index (χ0) is 11.4. The number of rotatable bonds is 4. The first kappa shape index (κ1) is 11.5. The number of nitrogens with zero attached hydrogens (tertiary/aromatic N) is 1. The summed E-state index contributed by atoms with van der Waals surface area (Å²) in [6, 6.07) is 6.82. The van der Waals surface area contributed by atoms with Crippen LogP contribution in [0, 0.1) is 0 Å². The Kier molecular flexibility index (Phi) is 3.68. The Labute approximate surface area is 89.3 Å². The lowest BCUT2D eigenvalue weighted by molar-refractivity contribution is -0.138. The highest BCUT2D eigenvalue weighted by molar-refractivity contribution is 5.74. The van der Waals surface area contributed by atoms with E-state index >= 15 is 0 Å². The molecule has 1 aromatic carbocycles. The van der Waals surface area contributed by atoms with E-state index in [1.54, 1.807) is 0 Å². The normalized spacial score (nSPS) is 12.2. The van der Waals surface area contributed by atoms with Crippen LogP contribution < -0.4 is 10.6 Å². The molecule has 0 spiro atoms. The molecule has 4 heteroatoms. The topological polar surface area (TPSA) is 66.6 Å². The Morgan fingerprint density at radius 2 is 2.07 bits per heavy atom. The molecule has 4 nitrogen and oxygen atoms in total. The first-order valence-electron chi connectivity index (χ1n) is 4.76. The number of hydrogen-bond acceptors (Lipinski definition) is 3. The van der Waals surface area contributed by atoms with E-state index in [0.717, 1.165) is 11.3 Å². The molecule has 82 valence electrons. The highest BCUT2D eigenvalue weighted by atomic mass is 16.4. The van der Waals surface area contributed by atoms with Crippen LogP contribution >= 0.6 is 0 Å². The van der Waals surface area contributed by atoms with Gasteiger partial charge in [0.05, 0.1) is 0 Å². The van der Waals surface area contributed by atoms with E-state index in [1.165, 1.54) is 0 Å². The van der Waals surface area contributed by atoms with Crippen molar-refractivity contribution < 1.29 is 9.90 Å². The minimum atomic E-state index is -0.969. The number of para-hydroxylation sites is 1. The van der Waals surface area contributed by atoms with Gasteiger partial charge in [-0.3, -0.25) is 4.79 Å². The molecule has 0 radical (unpaired) electrons. The Morgan fingerprint density at radius 1 is 1.47 bits per heavy atom. The molecule has 1 atom stereocenters. The summed E-state index contributed by atoms with van der Waals surface area (Å²) >= 11 is 0. The smallest absolute Gasteiger partial charge is 0.320 e. The molecule has 1 unspecified atom stereocenters. The standard InChI is InChI=1S/C11H16N2O2/c1-13(2)10-6-4-3-5-8(10)7-9(12)11(14)15/h3-6,9H,7,12H2,1-2H3,(H,14,15). The average Bonchev–Trinajstić information content (AvgIpc) is 2.18. The lowest BCUT2D eigenvalue weighted by Crippen LogP contribution is -2.32. The molecule has 15 heavy (non-hydrogen) atoms. The molecule has 0 fully saturated rings. The number of carboxylic acids is 1. The SMILES string of the molecule is CN(C)c1ccccc1CC(N)C(=O)O. The molecule has 0 aromatic heterocycles. The number of anilines is 1. The fourth-order valence-corrected chi connectivity index (χ4v) is 1.44. The van der Waals surface area contributed by atoms with Gasteiger partial charge in [-0.25, -0.2) is 0 Å². The number of hydrogen-bond donors (Lipinski definition) is 2. The fraction of sp³-hybridized carbons (Fsp3) is 0.364. The minimum absolute atomic E-state index is 0.351.